The molecule has 1 heterocycles. The van der Waals surface area contributed by atoms with Crippen molar-refractivity contribution in [2.24, 2.45) is 0 Å². The first-order valence-electron chi connectivity index (χ1n) is 8.25. The zero-order valence-electron chi connectivity index (χ0n) is 14.8. The van der Waals surface area contributed by atoms with Crippen molar-refractivity contribution in [3.05, 3.63) is 65.6 Å². The van der Waals surface area contributed by atoms with Gasteiger partial charge in [0.1, 0.15) is 11.4 Å². The van der Waals surface area contributed by atoms with E-state index in [1.807, 2.05) is 0 Å². The Morgan fingerprint density at radius 2 is 1.89 bits per heavy atom. The van der Waals surface area contributed by atoms with E-state index in [1.54, 1.807) is 31.2 Å². The Morgan fingerprint density at radius 3 is 2.63 bits per heavy atom. The van der Waals surface area contributed by atoms with Gasteiger partial charge in [-0.3, -0.25) is 4.98 Å². The van der Waals surface area contributed by atoms with Gasteiger partial charge in [-0.05, 0) is 31.2 Å². The Hall–Kier alpha value is -3.48. The minimum absolute atomic E-state index is 0.177. The number of carbonyl (C=O) groups excluding carboxylic acids is 2. The third-order valence-electron chi connectivity index (χ3n) is 3.92. The Bertz CT molecular complexity index is 1020. The first-order valence-corrected chi connectivity index (χ1v) is 8.25. The Morgan fingerprint density at radius 1 is 1.11 bits per heavy atom. The minimum Gasteiger partial charge on any atom is -0.465 e. The fraction of sp³-hybridized carbons (Fsp3) is 0.150. The van der Waals surface area contributed by atoms with Crippen LogP contribution in [-0.4, -0.2) is 30.6 Å². The number of pyridine rings is 1. The molecular formula is C20H17FN2O4. The molecule has 0 aliphatic carbocycles. The van der Waals surface area contributed by atoms with Crippen LogP contribution in [0.1, 0.15) is 27.6 Å². The normalized spacial score (nSPS) is 10.5. The third kappa shape index (κ3) is 3.72. The Kier molecular flexibility index (Phi) is 5.30. The first kappa shape index (κ1) is 18.3. The molecular weight excluding hydrogens is 351 g/mol. The van der Waals surface area contributed by atoms with Gasteiger partial charge in [-0.25, -0.2) is 14.0 Å². The van der Waals surface area contributed by atoms with Crippen LogP contribution in [0.15, 0.2) is 48.7 Å². The monoisotopic (exact) mass is 368 g/mol. The van der Waals surface area contributed by atoms with Crippen LogP contribution in [0.25, 0.3) is 10.9 Å². The quantitative estimate of drug-likeness (QED) is 0.684. The van der Waals surface area contributed by atoms with Crippen molar-refractivity contribution in [2.75, 3.05) is 19.0 Å². The van der Waals surface area contributed by atoms with Crippen LogP contribution in [0.2, 0.25) is 0 Å². The van der Waals surface area contributed by atoms with Crippen molar-refractivity contribution in [1.82, 2.24) is 4.98 Å². The molecule has 0 saturated carbocycles. The Balaban J connectivity index is 2.18. The Labute approximate surface area is 154 Å². The SMILES string of the molecule is CCOC(=O)c1cnc2cc(F)ccc2c1Nc1ccccc1C(=O)OC. The highest BCUT2D eigenvalue weighted by atomic mass is 19.1. The molecule has 0 aliphatic rings. The molecule has 3 rings (SSSR count). The fourth-order valence-corrected chi connectivity index (χ4v) is 2.68. The first-order chi connectivity index (χ1) is 13.0. The van der Waals surface area contributed by atoms with Gasteiger partial charge in [-0.1, -0.05) is 12.1 Å². The molecule has 0 saturated heterocycles. The van der Waals surface area contributed by atoms with Crippen LogP contribution in [0.4, 0.5) is 15.8 Å². The van der Waals surface area contributed by atoms with Gasteiger partial charge >= 0.3 is 11.9 Å². The third-order valence-corrected chi connectivity index (χ3v) is 3.92. The molecule has 1 aromatic heterocycles. The summed E-state index contributed by atoms with van der Waals surface area (Å²) in [6.07, 6.45) is 1.32. The molecule has 2 aromatic carbocycles. The predicted molar refractivity (Wildman–Crippen MR) is 98.7 cm³/mol. The van der Waals surface area contributed by atoms with Crippen molar-refractivity contribution >= 4 is 34.2 Å². The van der Waals surface area contributed by atoms with E-state index in [2.05, 4.69) is 10.3 Å². The molecule has 0 fully saturated rings. The summed E-state index contributed by atoms with van der Waals surface area (Å²) in [5.41, 5.74) is 1.64. The number of halogens is 1. The zero-order chi connectivity index (χ0) is 19.4. The minimum atomic E-state index is -0.575. The number of aromatic nitrogens is 1. The lowest BCUT2D eigenvalue weighted by atomic mass is 10.1. The van der Waals surface area contributed by atoms with Gasteiger partial charge in [0.05, 0.1) is 36.2 Å². The summed E-state index contributed by atoms with van der Waals surface area (Å²) in [4.78, 5) is 28.6. The van der Waals surface area contributed by atoms with Crippen molar-refractivity contribution in [1.29, 1.82) is 0 Å². The molecule has 0 amide bonds. The van der Waals surface area contributed by atoms with Gasteiger partial charge in [0.25, 0.3) is 0 Å². The van der Waals surface area contributed by atoms with Crippen LogP contribution in [0.3, 0.4) is 0 Å². The van der Waals surface area contributed by atoms with E-state index in [4.69, 9.17) is 9.47 Å². The van der Waals surface area contributed by atoms with Gasteiger partial charge in [0.15, 0.2) is 0 Å². The number of hydrogen-bond acceptors (Lipinski definition) is 6. The van der Waals surface area contributed by atoms with E-state index in [1.165, 1.54) is 31.5 Å². The number of anilines is 2. The van der Waals surface area contributed by atoms with Crippen LogP contribution in [0, 0.1) is 5.82 Å². The molecule has 0 aliphatic heterocycles. The summed E-state index contributed by atoms with van der Waals surface area (Å²) in [6.45, 7) is 1.89. The van der Waals surface area contributed by atoms with Crippen molar-refractivity contribution in [3.63, 3.8) is 0 Å². The lowest BCUT2D eigenvalue weighted by molar-refractivity contribution is 0.0526. The van der Waals surface area contributed by atoms with Gasteiger partial charge in [0, 0.05) is 17.6 Å². The molecule has 0 spiro atoms. The summed E-state index contributed by atoms with van der Waals surface area (Å²) < 4.78 is 23.5. The largest absolute Gasteiger partial charge is 0.465 e. The number of fused-ring (bicyclic) bond motifs is 1. The lowest BCUT2D eigenvalue weighted by Gasteiger charge is -2.16. The molecule has 27 heavy (non-hydrogen) atoms. The van der Waals surface area contributed by atoms with Crippen molar-refractivity contribution in [3.8, 4) is 0 Å². The van der Waals surface area contributed by atoms with Crippen LogP contribution in [0.5, 0.6) is 0 Å². The average molecular weight is 368 g/mol. The average Bonchev–Trinajstić information content (AvgIpc) is 2.68. The maximum absolute atomic E-state index is 13.6. The molecule has 0 radical (unpaired) electrons. The second-order valence-electron chi connectivity index (χ2n) is 5.59. The molecule has 0 bridgehead atoms. The number of benzene rings is 2. The number of nitrogens with one attached hydrogen (secondary N) is 1. The molecule has 138 valence electrons. The standard InChI is InChI=1S/C20H17FN2O4/c1-3-27-20(25)15-11-22-17-10-12(21)8-9-13(17)18(15)23-16-7-5-4-6-14(16)19(24)26-2/h4-11H,3H2,1-2H3,(H,22,23). The molecule has 0 atom stereocenters. The van der Waals surface area contributed by atoms with Gasteiger partial charge in [-0.2, -0.15) is 0 Å². The number of carbonyl (C=O) groups is 2. The van der Waals surface area contributed by atoms with Gasteiger partial charge < -0.3 is 14.8 Å². The highest BCUT2D eigenvalue weighted by molar-refractivity contribution is 6.07. The number of methoxy groups -OCH3 is 1. The topological polar surface area (TPSA) is 77.5 Å². The zero-order valence-corrected chi connectivity index (χ0v) is 14.8. The summed E-state index contributed by atoms with van der Waals surface area (Å²) in [5.74, 6) is -1.55. The number of esters is 2. The van der Waals surface area contributed by atoms with Crippen molar-refractivity contribution in [2.45, 2.75) is 6.92 Å². The highest BCUT2D eigenvalue weighted by Crippen LogP contribution is 2.31. The molecule has 1 N–H and O–H groups in total. The number of nitrogens with zero attached hydrogens (tertiary/aromatic N) is 1. The van der Waals surface area contributed by atoms with E-state index < -0.39 is 17.8 Å². The fourth-order valence-electron chi connectivity index (χ4n) is 2.68. The molecule has 6 nitrogen and oxygen atoms in total. The summed E-state index contributed by atoms with van der Waals surface area (Å²) >= 11 is 0. The maximum Gasteiger partial charge on any atom is 0.341 e. The second-order valence-corrected chi connectivity index (χ2v) is 5.59. The van der Waals surface area contributed by atoms with Crippen LogP contribution < -0.4 is 5.32 Å². The van der Waals surface area contributed by atoms with E-state index in [-0.39, 0.29) is 12.2 Å². The van der Waals surface area contributed by atoms with E-state index in [9.17, 15) is 14.0 Å². The molecule has 3 aromatic rings. The predicted octanol–water partition coefficient (Wildman–Crippen LogP) is 4.08. The van der Waals surface area contributed by atoms with Crippen LogP contribution in [-0.2, 0) is 9.47 Å². The van der Waals surface area contributed by atoms with Gasteiger partial charge in [-0.15, -0.1) is 0 Å². The lowest BCUT2D eigenvalue weighted by Crippen LogP contribution is -2.11. The van der Waals surface area contributed by atoms with E-state index >= 15 is 0 Å². The number of para-hydroxylation sites is 1. The molecule has 0 unspecified atom stereocenters. The van der Waals surface area contributed by atoms with Crippen LogP contribution >= 0.6 is 0 Å². The number of hydrogen-bond donors (Lipinski definition) is 1. The number of ether oxygens (including phenoxy) is 2. The summed E-state index contributed by atoms with van der Waals surface area (Å²) in [5, 5.41) is 3.61. The summed E-state index contributed by atoms with van der Waals surface area (Å²) in [7, 11) is 1.29. The van der Waals surface area contributed by atoms with E-state index in [0.717, 1.165) is 0 Å². The second kappa shape index (κ2) is 7.82. The van der Waals surface area contributed by atoms with Gasteiger partial charge in [0.2, 0.25) is 0 Å². The summed E-state index contributed by atoms with van der Waals surface area (Å²) in [6, 6.07) is 10.8. The number of rotatable bonds is 5. The van der Waals surface area contributed by atoms with E-state index in [0.29, 0.717) is 27.8 Å². The smallest absolute Gasteiger partial charge is 0.341 e. The maximum atomic E-state index is 13.6. The molecule has 7 heteroatoms. The highest BCUT2D eigenvalue weighted by Gasteiger charge is 2.19. The van der Waals surface area contributed by atoms with Crippen molar-refractivity contribution < 1.29 is 23.5 Å².